The second kappa shape index (κ2) is 6.60. The molecule has 1 rings (SSSR count). The zero-order valence-corrected chi connectivity index (χ0v) is 9.29. The Hall–Kier alpha value is -0.830. The Morgan fingerprint density at radius 3 is 2.93 bits per heavy atom. The predicted molar refractivity (Wildman–Crippen MR) is 59.1 cm³/mol. The highest BCUT2D eigenvalue weighted by atomic mass is 15.1. The van der Waals surface area contributed by atoms with Crippen molar-refractivity contribution in [1.82, 2.24) is 14.9 Å². The van der Waals surface area contributed by atoms with E-state index in [0.717, 1.165) is 19.6 Å². The van der Waals surface area contributed by atoms with Crippen molar-refractivity contribution in [2.75, 3.05) is 6.54 Å². The molecule has 0 saturated carbocycles. The van der Waals surface area contributed by atoms with E-state index in [1.54, 1.807) is 0 Å². The van der Waals surface area contributed by atoms with Gasteiger partial charge in [-0.2, -0.15) is 0 Å². The van der Waals surface area contributed by atoms with Gasteiger partial charge in [-0.3, -0.25) is 0 Å². The predicted octanol–water partition coefficient (Wildman–Crippen LogP) is 2.18. The van der Waals surface area contributed by atoms with Gasteiger partial charge in [-0.05, 0) is 19.9 Å². The summed E-state index contributed by atoms with van der Waals surface area (Å²) in [5.41, 5.74) is 1.28. The summed E-state index contributed by atoms with van der Waals surface area (Å²) >= 11 is 0. The fourth-order valence-electron chi connectivity index (χ4n) is 1.50. The van der Waals surface area contributed by atoms with Gasteiger partial charge in [-0.25, -0.2) is 4.98 Å². The van der Waals surface area contributed by atoms with Crippen LogP contribution < -0.4 is 5.32 Å². The molecule has 0 spiro atoms. The summed E-state index contributed by atoms with van der Waals surface area (Å²) < 4.78 is 2.17. The van der Waals surface area contributed by atoms with E-state index in [1.165, 1.54) is 25.0 Å². The molecule has 14 heavy (non-hydrogen) atoms. The molecule has 0 atom stereocenters. The zero-order chi connectivity index (χ0) is 10.2. The molecule has 0 unspecified atom stereocenters. The molecule has 1 aromatic heterocycles. The van der Waals surface area contributed by atoms with Crippen LogP contribution in [0.15, 0.2) is 12.5 Å². The van der Waals surface area contributed by atoms with Crippen LogP contribution >= 0.6 is 0 Å². The number of hydrogen-bond acceptors (Lipinski definition) is 2. The molecule has 0 bridgehead atoms. The van der Waals surface area contributed by atoms with E-state index in [4.69, 9.17) is 0 Å². The van der Waals surface area contributed by atoms with Crippen LogP contribution in [0.3, 0.4) is 0 Å². The molecular formula is C11H21N3. The van der Waals surface area contributed by atoms with Gasteiger partial charge < -0.3 is 9.88 Å². The maximum Gasteiger partial charge on any atom is 0.0948 e. The van der Waals surface area contributed by atoms with E-state index in [2.05, 4.69) is 28.7 Å². The number of rotatable bonds is 7. The molecule has 3 heteroatoms. The molecule has 0 aromatic carbocycles. The summed E-state index contributed by atoms with van der Waals surface area (Å²) in [6, 6.07) is 0. The lowest BCUT2D eigenvalue weighted by Crippen LogP contribution is -2.17. The fourth-order valence-corrected chi connectivity index (χ4v) is 1.50. The van der Waals surface area contributed by atoms with E-state index in [9.17, 15) is 0 Å². The molecule has 1 N–H and O–H groups in total. The van der Waals surface area contributed by atoms with Gasteiger partial charge in [0, 0.05) is 19.3 Å². The lowest BCUT2D eigenvalue weighted by atomic mass is 10.2. The monoisotopic (exact) mass is 195 g/mol. The van der Waals surface area contributed by atoms with Gasteiger partial charge in [-0.1, -0.05) is 19.8 Å². The third-order valence-corrected chi connectivity index (χ3v) is 2.40. The fraction of sp³-hybridized carbons (Fsp3) is 0.727. The average molecular weight is 195 g/mol. The minimum atomic E-state index is 0.942. The van der Waals surface area contributed by atoms with Crippen molar-refractivity contribution >= 4 is 0 Å². The van der Waals surface area contributed by atoms with Crippen LogP contribution in [0.1, 0.15) is 38.8 Å². The first-order chi connectivity index (χ1) is 6.88. The molecule has 1 aromatic rings. The molecule has 80 valence electrons. The van der Waals surface area contributed by atoms with Crippen LogP contribution in [-0.2, 0) is 13.1 Å². The van der Waals surface area contributed by atoms with Gasteiger partial charge in [0.25, 0.3) is 0 Å². The van der Waals surface area contributed by atoms with Crippen molar-refractivity contribution in [3.05, 3.63) is 18.2 Å². The second-order valence-electron chi connectivity index (χ2n) is 3.55. The molecule has 0 radical (unpaired) electrons. The molecule has 1 heterocycles. The smallest absolute Gasteiger partial charge is 0.0948 e. The Balaban J connectivity index is 2.17. The first-order valence-electron chi connectivity index (χ1n) is 5.58. The van der Waals surface area contributed by atoms with Crippen molar-refractivity contribution in [3.63, 3.8) is 0 Å². The first kappa shape index (κ1) is 11.2. The minimum Gasteiger partial charge on any atom is -0.334 e. The summed E-state index contributed by atoms with van der Waals surface area (Å²) in [5.74, 6) is 0. The number of nitrogens with one attached hydrogen (secondary N) is 1. The summed E-state index contributed by atoms with van der Waals surface area (Å²) in [6.07, 6.45) is 7.71. The van der Waals surface area contributed by atoms with Crippen LogP contribution in [0.5, 0.6) is 0 Å². The maximum absolute atomic E-state index is 4.13. The van der Waals surface area contributed by atoms with Crippen LogP contribution in [0, 0.1) is 0 Å². The number of unbranched alkanes of at least 4 members (excludes halogenated alkanes) is 2. The minimum absolute atomic E-state index is 0.942. The molecule has 0 saturated heterocycles. The van der Waals surface area contributed by atoms with Crippen molar-refractivity contribution in [3.8, 4) is 0 Å². The molecule has 0 fully saturated rings. The second-order valence-corrected chi connectivity index (χ2v) is 3.55. The Kier molecular flexibility index (Phi) is 5.30. The molecule has 0 aliphatic heterocycles. The van der Waals surface area contributed by atoms with Gasteiger partial charge >= 0.3 is 0 Å². The van der Waals surface area contributed by atoms with Crippen LogP contribution in [0.2, 0.25) is 0 Å². The van der Waals surface area contributed by atoms with E-state index in [1.807, 2.05) is 12.5 Å². The largest absolute Gasteiger partial charge is 0.334 e. The number of aryl methyl sites for hydroxylation is 1. The topological polar surface area (TPSA) is 29.9 Å². The number of hydrogen-bond donors (Lipinski definition) is 1. The van der Waals surface area contributed by atoms with E-state index >= 15 is 0 Å². The number of aromatic nitrogens is 2. The quantitative estimate of drug-likeness (QED) is 0.676. The highest BCUT2D eigenvalue weighted by Crippen LogP contribution is 1.98. The third kappa shape index (κ3) is 3.50. The Morgan fingerprint density at radius 2 is 2.21 bits per heavy atom. The SMILES string of the molecule is CCCCCNCc1cncn1CC. The normalized spacial score (nSPS) is 10.7. The summed E-state index contributed by atoms with van der Waals surface area (Å²) in [6.45, 7) is 7.43. The standard InChI is InChI=1S/C11H21N3/c1-3-5-6-7-12-8-11-9-13-10-14(11)4-2/h9-10,12H,3-8H2,1-2H3. The highest BCUT2D eigenvalue weighted by molar-refractivity contribution is 4.97. The van der Waals surface area contributed by atoms with E-state index < -0.39 is 0 Å². The Morgan fingerprint density at radius 1 is 1.36 bits per heavy atom. The molecule has 0 aliphatic carbocycles. The lowest BCUT2D eigenvalue weighted by Gasteiger charge is -2.06. The highest BCUT2D eigenvalue weighted by Gasteiger charge is 1.98. The summed E-state index contributed by atoms with van der Waals surface area (Å²) in [5, 5.41) is 3.44. The summed E-state index contributed by atoms with van der Waals surface area (Å²) in [4.78, 5) is 4.13. The van der Waals surface area contributed by atoms with Crippen molar-refractivity contribution in [2.24, 2.45) is 0 Å². The van der Waals surface area contributed by atoms with Crippen LogP contribution in [0.4, 0.5) is 0 Å². The third-order valence-electron chi connectivity index (χ3n) is 2.40. The lowest BCUT2D eigenvalue weighted by molar-refractivity contribution is 0.590. The molecule has 3 nitrogen and oxygen atoms in total. The van der Waals surface area contributed by atoms with Crippen LogP contribution in [0.25, 0.3) is 0 Å². The van der Waals surface area contributed by atoms with Gasteiger partial charge in [0.05, 0.1) is 12.0 Å². The van der Waals surface area contributed by atoms with Gasteiger partial charge in [0.15, 0.2) is 0 Å². The van der Waals surface area contributed by atoms with Crippen molar-refractivity contribution in [1.29, 1.82) is 0 Å². The molecular weight excluding hydrogens is 174 g/mol. The van der Waals surface area contributed by atoms with Gasteiger partial charge in [-0.15, -0.1) is 0 Å². The molecule has 0 aliphatic rings. The Labute approximate surface area is 86.5 Å². The number of imidazole rings is 1. The number of nitrogens with zero attached hydrogens (tertiary/aromatic N) is 2. The van der Waals surface area contributed by atoms with Gasteiger partial charge in [0.2, 0.25) is 0 Å². The average Bonchev–Trinajstić information content (AvgIpc) is 2.65. The van der Waals surface area contributed by atoms with Crippen molar-refractivity contribution in [2.45, 2.75) is 46.2 Å². The summed E-state index contributed by atoms with van der Waals surface area (Å²) in [7, 11) is 0. The first-order valence-corrected chi connectivity index (χ1v) is 5.58. The van der Waals surface area contributed by atoms with Crippen molar-refractivity contribution < 1.29 is 0 Å². The zero-order valence-electron chi connectivity index (χ0n) is 9.29. The van der Waals surface area contributed by atoms with Crippen LogP contribution in [-0.4, -0.2) is 16.1 Å². The van der Waals surface area contributed by atoms with E-state index in [0.29, 0.717) is 0 Å². The maximum atomic E-state index is 4.13. The molecule has 0 amide bonds. The van der Waals surface area contributed by atoms with E-state index in [-0.39, 0.29) is 0 Å². The Bertz CT molecular complexity index is 242. The van der Waals surface area contributed by atoms with Gasteiger partial charge in [0.1, 0.15) is 0 Å².